The van der Waals surface area contributed by atoms with Gasteiger partial charge in [-0.25, -0.2) is 13.1 Å². The Morgan fingerprint density at radius 2 is 2.16 bits per heavy atom. The minimum atomic E-state index is -3.38. The van der Waals surface area contributed by atoms with Crippen LogP contribution in [0.15, 0.2) is 29.2 Å². The Balaban J connectivity index is 1.71. The van der Waals surface area contributed by atoms with Crippen molar-refractivity contribution in [1.82, 2.24) is 4.72 Å². The summed E-state index contributed by atoms with van der Waals surface area (Å²) in [5.41, 5.74) is 0.940. The molecule has 0 spiro atoms. The van der Waals surface area contributed by atoms with Crippen molar-refractivity contribution in [2.75, 3.05) is 19.8 Å². The number of hydrogen-bond acceptors (Lipinski definition) is 3. The number of rotatable bonds is 8. The van der Waals surface area contributed by atoms with Gasteiger partial charge >= 0.3 is 0 Å². The molecule has 5 heteroatoms. The fraction of sp³-hybridized carbons (Fsp3) is 0.571. The van der Waals surface area contributed by atoms with Crippen LogP contribution in [0.25, 0.3) is 0 Å². The second-order valence-corrected chi connectivity index (χ2v) is 6.85. The first kappa shape index (κ1) is 14.5. The molecule has 0 atom stereocenters. The maximum Gasteiger partial charge on any atom is 0.240 e. The molecule has 2 rings (SSSR count). The molecule has 0 saturated heterocycles. The molecule has 1 aromatic carbocycles. The van der Waals surface area contributed by atoms with Crippen LogP contribution in [0.2, 0.25) is 0 Å². The molecule has 1 aliphatic rings. The lowest BCUT2D eigenvalue weighted by molar-refractivity contribution is 0.123. The summed E-state index contributed by atoms with van der Waals surface area (Å²) >= 11 is 0. The predicted molar refractivity (Wildman–Crippen MR) is 74.5 cm³/mol. The summed E-state index contributed by atoms with van der Waals surface area (Å²) in [6, 6.07) is 6.91. The van der Waals surface area contributed by atoms with Gasteiger partial charge in [-0.15, -0.1) is 0 Å². The van der Waals surface area contributed by atoms with Crippen LogP contribution in [0.5, 0.6) is 0 Å². The van der Waals surface area contributed by atoms with E-state index in [0.717, 1.165) is 18.1 Å². The Morgan fingerprint density at radius 3 is 2.84 bits per heavy atom. The molecule has 0 heterocycles. The molecule has 19 heavy (non-hydrogen) atoms. The Hall–Kier alpha value is -0.910. The highest BCUT2D eigenvalue weighted by Gasteiger charge is 2.20. The Kier molecular flexibility index (Phi) is 4.96. The van der Waals surface area contributed by atoms with Gasteiger partial charge in [-0.05, 0) is 49.8 Å². The second kappa shape index (κ2) is 6.50. The Bertz CT molecular complexity index is 509. The lowest BCUT2D eigenvalue weighted by Crippen LogP contribution is -2.25. The first-order chi connectivity index (χ1) is 9.08. The molecule has 0 bridgehead atoms. The maximum absolute atomic E-state index is 12.0. The minimum absolute atomic E-state index is 0.325. The number of nitrogens with one attached hydrogen (secondary N) is 1. The van der Waals surface area contributed by atoms with Gasteiger partial charge in [0.25, 0.3) is 0 Å². The zero-order valence-corrected chi connectivity index (χ0v) is 12.1. The molecule has 0 amide bonds. The monoisotopic (exact) mass is 283 g/mol. The van der Waals surface area contributed by atoms with E-state index in [9.17, 15) is 8.42 Å². The number of benzene rings is 1. The molecule has 4 nitrogen and oxygen atoms in total. The Morgan fingerprint density at radius 1 is 1.37 bits per heavy atom. The van der Waals surface area contributed by atoms with Crippen molar-refractivity contribution in [1.29, 1.82) is 0 Å². The normalized spacial score (nSPS) is 15.6. The van der Waals surface area contributed by atoms with Gasteiger partial charge in [0.15, 0.2) is 0 Å². The summed E-state index contributed by atoms with van der Waals surface area (Å²) in [4.78, 5) is 0.325. The fourth-order valence-corrected chi connectivity index (χ4v) is 2.96. The van der Waals surface area contributed by atoms with Gasteiger partial charge in [-0.1, -0.05) is 12.1 Å². The van der Waals surface area contributed by atoms with Gasteiger partial charge in [-0.3, -0.25) is 0 Å². The molecular formula is C14H21NO3S. The standard InChI is InChI=1S/C14H21NO3S/c1-12-4-2-5-14(10-12)19(16,17)15-8-3-9-18-11-13-6-7-13/h2,4-5,10,13,15H,3,6-9,11H2,1H3. The van der Waals surface area contributed by atoms with Crippen molar-refractivity contribution < 1.29 is 13.2 Å². The molecule has 1 fully saturated rings. The highest BCUT2D eigenvalue weighted by Crippen LogP contribution is 2.28. The molecule has 0 radical (unpaired) electrons. The van der Waals surface area contributed by atoms with Gasteiger partial charge in [0.1, 0.15) is 0 Å². The summed E-state index contributed by atoms with van der Waals surface area (Å²) in [6.45, 7) is 3.74. The van der Waals surface area contributed by atoms with E-state index in [1.807, 2.05) is 13.0 Å². The van der Waals surface area contributed by atoms with Gasteiger partial charge in [0, 0.05) is 19.8 Å². The zero-order valence-electron chi connectivity index (χ0n) is 11.3. The van der Waals surface area contributed by atoms with Gasteiger partial charge in [-0.2, -0.15) is 0 Å². The van der Waals surface area contributed by atoms with Crippen LogP contribution in [-0.4, -0.2) is 28.2 Å². The van der Waals surface area contributed by atoms with Crippen molar-refractivity contribution in [2.24, 2.45) is 5.92 Å². The van der Waals surface area contributed by atoms with E-state index in [1.165, 1.54) is 12.8 Å². The smallest absolute Gasteiger partial charge is 0.240 e. The van der Waals surface area contributed by atoms with Gasteiger partial charge in [0.05, 0.1) is 4.90 Å². The molecule has 0 aliphatic heterocycles. The number of aryl methyl sites for hydroxylation is 1. The topological polar surface area (TPSA) is 55.4 Å². The minimum Gasteiger partial charge on any atom is -0.381 e. The Labute approximate surface area is 115 Å². The molecule has 1 aromatic rings. The second-order valence-electron chi connectivity index (χ2n) is 5.09. The van der Waals surface area contributed by atoms with Crippen molar-refractivity contribution in [3.8, 4) is 0 Å². The molecule has 106 valence electrons. The third-order valence-corrected chi connectivity index (χ3v) is 4.57. The SMILES string of the molecule is Cc1cccc(S(=O)(=O)NCCCOCC2CC2)c1. The molecule has 0 aromatic heterocycles. The van der Waals surface area contributed by atoms with Gasteiger partial charge in [0.2, 0.25) is 10.0 Å². The van der Waals surface area contributed by atoms with Crippen LogP contribution in [0.3, 0.4) is 0 Å². The summed E-state index contributed by atoms with van der Waals surface area (Å²) < 4.78 is 32.0. The van der Waals surface area contributed by atoms with E-state index in [-0.39, 0.29) is 0 Å². The van der Waals surface area contributed by atoms with Crippen LogP contribution >= 0.6 is 0 Å². The number of ether oxygens (including phenoxy) is 1. The van der Waals surface area contributed by atoms with E-state index in [2.05, 4.69) is 4.72 Å². The van der Waals surface area contributed by atoms with Crippen molar-refractivity contribution >= 4 is 10.0 Å². The van der Waals surface area contributed by atoms with Crippen molar-refractivity contribution in [3.05, 3.63) is 29.8 Å². The van der Waals surface area contributed by atoms with E-state index in [0.29, 0.717) is 24.5 Å². The first-order valence-electron chi connectivity index (χ1n) is 6.72. The van der Waals surface area contributed by atoms with Crippen LogP contribution < -0.4 is 4.72 Å². The van der Waals surface area contributed by atoms with Crippen molar-refractivity contribution in [2.45, 2.75) is 31.1 Å². The summed E-state index contributed by atoms with van der Waals surface area (Å²) in [5.74, 6) is 0.754. The molecule has 1 N–H and O–H groups in total. The third-order valence-electron chi connectivity index (χ3n) is 3.11. The first-order valence-corrected chi connectivity index (χ1v) is 8.20. The number of sulfonamides is 1. The fourth-order valence-electron chi connectivity index (χ4n) is 1.78. The van der Waals surface area contributed by atoms with E-state index < -0.39 is 10.0 Å². The van der Waals surface area contributed by atoms with Crippen LogP contribution in [0.1, 0.15) is 24.8 Å². The van der Waals surface area contributed by atoms with Gasteiger partial charge < -0.3 is 4.74 Å². The zero-order chi connectivity index (χ0) is 13.7. The van der Waals surface area contributed by atoms with Crippen LogP contribution in [0.4, 0.5) is 0 Å². The number of hydrogen-bond donors (Lipinski definition) is 1. The summed E-state index contributed by atoms with van der Waals surface area (Å²) in [6.07, 6.45) is 3.26. The quantitative estimate of drug-likeness (QED) is 0.743. The van der Waals surface area contributed by atoms with Crippen LogP contribution in [-0.2, 0) is 14.8 Å². The highest BCUT2D eigenvalue weighted by atomic mass is 32.2. The molecular weight excluding hydrogens is 262 g/mol. The predicted octanol–water partition coefficient (Wildman–Crippen LogP) is 2.09. The summed E-state index contributed by atoms with van der Waals surface area (Å²) in [7, 11) is -3.38. The summed E-state index contributed by atoms with van der Waals surface area (Å²) in [5, 5.41) is 0. The lowest BCUT2D eigenvalue weighted by Gasteiger charge is -2.07. The van der Waals surface area contributed by atoms with E-state index in [4.69, 9.17) is 4.74 Å². The van der Waals surface area contributed by atoms with Crippen molar-refractivity contribution in [3.63, 3.8) is 0 Å². The average Bonchev–Trinajstić information content (AvgIpc) is 3.17. The molecule has 0 unspecified atom stereocenters. The maximum atomic E-state index is 12.0. The largest absolute Gasteiger partial charge is 0.381 e. The third kappa shape index (κ3) is 4.93. The molecule has 1 aliphatic carbocycles. The van der Waals surface area contributed by atoms with E-state index >= 15 is 0 Å². The van der Waals surface area contributed by atoms with Crippen LogP contribution in [0, 0.1) is 12.8 Å². The molecule has 1 saturated carbocycles. The lowest BCUT2D eigenvalue weighted by atomic mass is 10.2. The average molecular weight is 283 g/mol. The highest BCUT2D eigenvalue weighted by molar-refractivity contribution is 7.89. The van der Waals surface area contributed by atoms with E-state index in [1.54, 1.807) is 18.2 Å².